The van der Waals surface area contributed by atoms with Gasteiger partial charge in [0.15, 0.2) is 0 Å². The molecular weight excluding hydrogens is 274 g/mol. The molecule has 21 heavy (non-hydrogen) atoms. The maximum atomic E-state index is 12.3. The largest absolute Gasteiger partial charge is 0.480 e. The van der Waals surface area contributed by atoms with Crippen LogP contribution < -0.4 is 0 Å². The molecule has 2 aliphatic rings. The van der Waals surface area contributed by atoms with Gasteiger partial charge in [0, 0.05) is 26.7 Å². The Morgan fingerprint density at radius 2 is 1.76 bits per heavy atom. The molecule has 0 bridgehead atoms. The van der Waals surface area contributed by atoms with Crippen molar-refractivity contribution in [2.45, 2.75) is 25.7 Å². The maximum Gasteiger partial charge on any atom is 0.323 e. The Bertz CT molecular complexity index is 416. The van der Waals surface area contributed by atoms with Crippen LogP contribution in [0.25, 0.3) is 0 Å². The predicted molar refractivity (Wildman–Crippen MR) is 75.8 cm³/mol. The monoisotopic (exact) mass is 297 g/mol. The summed E-state index contributed by atoms with van der Waals surface area (Å²) in [6, 6.07) is -0.378. The Hall–Kier alpha value is -1.79. The Morgan fingerprint density at radius 1 is 1.14 bits per heavy atom. The second-order valence-electron chi connectivity index (χ2n) is 5.94. The molecule has 1 aliphatic carbocycles. The highest BCUT2D eigenvalue weighted by atomic mass is 16.4. The second-order valence-corrected chi connectivity index (χ2v) is 5.94. The van der Waals surface area contributed by atoms with Crippen LogP contribution in [0.3, 0.4) is 0 Å². The van der Waals surface area contributed by atoms with Gasteiger partial charge in [0.25, 0.3) is 0 Å². The molecule has 0 radical (unpaired) electrons. The summed E-state index contributed by atoms with van der Waals surface area (Å²) in [5.41, 5.74) is 0. The van der Waals surface area contributed by atoms with Crippen LogP contribution in [-0.4, -0.2) is 77.5 Å². The average molecular weight is 297 g/mol. The third-order valence-corrected chi connectivity index (χ3v) is 3.93. The fraction of sp³-hybridized carbons (Fsp3) is 0.786. The number of carboxylic acid groups (broad SMARTS) is 1. The molecule has 3 amide bonds. The van der Waals surface area contributed by atoms with Crippen molar-refractivity contribution in [3.05, 3.63) is 0 Å². The molecule has 1 aliphatic heterocycles. The molecule has 0 spiro atoms. The molecular formula is C14H23N3O4. The Kier molecular flexibility index (Phi) is 5.03. The number of carboxylic acids is 1. The lowest BCUT2D eigenvalue weighted by molar-refractivity contribution is -0.137. The van der Waals surface area contributed by atoms with Gasteiger partial charge in [-0.05, 0) is 31.6 Å². The minimum Gasteiger partial charge on any atom is -0.480 e. The fourth-order valence-electron chi connectivity index (χ4n) is 2.56. The summed E-state index contributed by atoms with van der Waals surface area (Å²) >= 11 is 0. The summed E-state index contributed by atoms with van der Waals surface area (Å²) in [5, 5.41) is 8.91. The Morgan fingerprint density at radius 3 is 2.29 bits per heavy atom. The number of hydrogen-bond acceptors (Lipinski definition) is 3. The van der Waals surface area contributed by atoms with E-state index in [4.69, 9.17) is 5.11 Å². The van der Waals surface area contributed by atoms with Crippen molar-refractivity contribution in [2.24, 2.45) is 5.92 Å². The third kappa shape index (κ3) is 4.61. The van der Waals surface area contributed by atoms with E-state index in [9.17, 15) is 14.4 Å². The number of carbonyl (C=O) groups excluding carboxylic acids is 2. The highest BCUT2D eigenvalue weighted by Gasteiger charge is 2.30. The molecule has 0 aromatic heterocycles. The van der Waals surface area contributed by atoms with Crippen molar-refractivity contribution in [1.82, 2.24) is 14.7 Å². The van der Waals surface area contributed by atoms with Crippen molar-refractivity contribution in [3.63, 3.8) is 0 Å². The molecule has 1 saturated carbocycles. The van der Waals surface area contributed by atoms with Crippen molar-refractivity contribution in [3.8, 4) is 0 Å². The first-order valence-corrected chi connectivity index (χ1v) is 7.47. The highest BCUT2D eigenvalue weighted by molar-refractivity contribution is 5.85. The molecule has 1 N–H and O–H groups in total. The minimum atomic E-state index is -1.02. The number of rotatable bonds is 6. The molecule has 1 heterocycles. The standard InChI is InChI=1S/C14H23N3O4/c1-15(9-12(18)16-6-2-3-7-16)14(21)17(10-13(19)20)8-11-4-5-11/h11H,2-10H2,1H3,(H,19,20). The van der Waals surface area contributed by atoms with Crippen LogP contribution in [0.5, 0.6) is 0 Å². The van der Waals surface area contributed by atoms with E-state index in [0.717, 1.165) is 38.8 Å². The average Bonchev–Trinajstić information content (AvgIpc) is 3.06. The molecule has 118 valence electrons. The van der Waals surface area contributed by atoms with Crippen molar-refractivity contribution in [1.29, 1.82) is 0 Å². The van der Waals surface area contributed by atoms with E-state index in [1.54, 1.807) is 11.9 Å². The van der Waals surface area contributed by atoms with Gasteiger partial charge < -0.3 is 19.8 Å². The van der Waals surface area contributed by atoms with Crippen molar-refractivity contribution < 1.29 is 19.5 Å². The maximum absolute atomic E-state index is 12.3. The second kappa shape index (κ2) is 6.78. The molecule has 7 nitrogen and oxygen atoms in total. The third-order valence-electron chi connectivity index (χ3n) is 3.93. The van der Waals surface area contributed by atoms with Crippen molar-refractivity contribution >= 4 is 17.9 Å². The SMILES string of the molecule is CN(CC(=O)N1CCCC1)C(=O)N(CC(=O)O)CC1CC1. The lowest BCUT2D eigenvalue weighted by atomic mass is 10.3. The number of nitrogens with zero attached hydrogens (tertiary/aromatic N) is 3. The van der Waals surface area contributed by atoms with Gasteiger partial charge in [-0.1, -0.05) is 0 Å². The van der Waals surface area contributed by atoms with Crippen LogP contribution in [0.2, 0.25) is 0 Å². The number of hydrogen-bond donors (Lipinski definition) is 1. The smallest absolute Gasteiger partial charge is 0.323 e. The molecule has 2 rings (SSSR count). The Labute approximate surface area is 124 Å². The minimum absolute atomic E-state index is 0.0135. The van der Waals surface area contributed by atoms with E-state index in [0.29, 0.717) is 12.5 Å². The summed E-state index contributed by atoms with van der Waals surface area (Å²) in [4.78, 5) is 39.6. The summed E-state index contributed by atoms with van der Waals surface area (Å²) in [5.74, 6) is -0.677. The number of aliphatic carboxylic acids is 1. The van der Waals surface area contributed by atoms with Crippen LogP contribution in [0, 0.1) is 5.92 Å². The molecule has 0 unspecified atom stereocenters. The summed E-state index contributed by atoms with van der Waals surface area (Å²) in [6.45, 7) is 1.67. The molecule has 0 aromatic carbocycles. The molecule has 2 fully saturated rings. The highest BCUT2D eigenvalue weighted by Crippen LogP contribution is 2.29. The first-order valence-electron chi connectivity index (χ1n) is 7.47. The first-order chi connectivity index (χ1) is 9.97. The van der Waals surface area contributed by atoms with Crippen LogP contribution in [-0.2, 0) is 9.59 Å². The van der Waals surface area contributed by atoms with Crippen LogP contribution in [0.1, 0.15) is 25.7 Å². The lowest BCUT2D eigenvalue weighted by Crippen LogP contribution is -2.48. The van der Waals surface area contributed by atoms with Gasteiger partial charge in [0.05, 0.1) is 0 Å². The zero-order chi connectivity index (χ0) is 15.4. The number of urea groups is 1. The van der Waals surface area contributed by atoms with Gasteiger partial charge in [-0.15, -0.1) is 0 Å². The summed E-state index contributed by atoms with van der Waals surface area (Å²) < 4.78 is 0. The quantitative estimate of drug-likeness (QED) is 0.772. The van der Waals surface area contributed by atoms with Gasteiger partial charge in [-0.3, -0.25) is 9.59 Å². The lowest BCUT2D eigenvalue weighted by Gasteiger charge is -2.28. The van der Waals surface area contributed by atoms with Gasteiger partial charge in [0.2, 0.25) is 5.91 Å². The summed E-state index contributed by atoms with van der Waals surface area (Å²) in [6.07, 6.45) is 4.10. The van der Waals surface area contributed by atoms with Crippen LogP contribution >= 0.6 is 0 Å². The first kappa shape index (κ1) is 15.6. The van der Waals surface area contributed by atoms with E-state index in [1.165, 1.54) is 9.80 Å². The van der Waals surface area contributed by atoms with Crippen LogP contribution in [0.15, 0.2) is 0 Å². The van der Waals surface area contributed by atoms with E-state index in [1.807, 2.05) is 0 Å². The Balaban J connectivity index is 1.87. The molecule has 1 saturated heterocycles. The van der Waals surface area contributed by atoms with Gasteiger partial charge in [0.1, 0.15) is 13.1 Å². The molecule has 0 atom stereocenters. The number of amides is 3. The predicted octanol–water partition coefficient (Wildman–Crippen LogP) is 0.457. The number of likely N-dealkylation sites (N-methyl/N-ethyl adjacent to an activating group) is 1. The fourth-order valence-corrected chi connectivity index (χ4v) is 2.56. The van der Waals surface area contributed by atoms with Gasteiger partial charge in [-0.25, -0.2) is 4.79 Å². The number of carbonyl (C=O) groups is 3. The van der Waals surface area contributed by atoms with E-state index < -0.39 is 5.97 Å². The summed E-state index contributed by atoms with van der Waals surface area (Å²) in [7, 11) is 1.55. The normalized spacial score (nSPS) is 17.7. The van der Waals surface area contributed by atoms with E-state index in [2.05, 4.69) is 0 Å². The zero-order valence-corrected chi connectivity index (χ0v) is 12.5. The molecule has 0 aromatic rings. The van der Waals surface area contributed by atoms with Gasteiger partial charge in [-0.2, -0.15) is 0 Å². The zero-order valence-electron chi connectivity index (χ0n) is 12.5. The van der Waals surface area contributed by atoms with E-state index >= 15 is 0 Å². The topological polar surface area (TPSA) is 81.2 Å². The molecule has 7 heteroatoms. The van der Waals surface area contributed by atoms with E-state index in [-0.39, 0.29) is 25.0 Å². The number of likely N-dealkylation sites (tertiary alicyclic amines) is 1. The van der Waals surface area contributed by atoms with Gasteiger partial charge >= 0.3 is 12.0 Å². The van der Waals surface area contributed by atoms with Crippen LogP contribution in [0.4, 0.5) is 4.79 Å². The van der Waals surface area contributed by atoms with Crippen molar-refractivity contribution in [2.75, 3.05) is 39.8 Å².